The fourth-order valence-corrected chi connectivity index (χ4v) is 2.07. The lowest BCUT2D eigenvalue weighted by Gasteiger charge is -2.19. The van der Waals surface area contributed by atoms with Crippen molar-refractivity contribution in [2.45, 2.75) is 19.1 Å². The Morgan fingerprint density at radius 3 is 2.19 bits per heavy atom. The minimum atomic E-state index is -4.37. The van der Waals surface area contributed by atoms with Crippen molar-refractivity contribution >= 4 is 5.69 Å². The number of ether oxygens (including phenoxy) is 1. The van der Waals surface area contributed by atoms with Crippen molar-refractivity contribution in [2.24, 2.45) is 0 Å². The van der Waals surface area contributed by atoms with Gasteiger partial charge in [0.25, 0.3) is 0 Å². The van der Waals surface area contributed by atoms with Crippen molar-refractivity contribution in [3.63, 3.8) is 0 Å². The summed E-state index contributed by atoms with van der Waals surface area (Å²) in [7, 11) is 1.57. The van der Waals surface area contributed by atoms with E-state index in [-0.39, 0.29) is 11.7 Å². The lowest BCUT2D eigenvalue weighted by molar-refractivity contribution is -0.137. The molecule has 0 heterocycles. The van der Waals surface area contributed by atoms with Crippen molar-refractivity contribution in [2.75, 3.05) is 12.4 Å². The number of nitrogens with one attached hydrogen (secondary N) is 1. The van der Waals surface area contributed by atoms with E-state index in [4.69, 9.17) is 4.74 Å². The Labute approximate surface area is 121 Å². The summed E-state index contributed by atoms with van der Waals surface area (Å²) < 4.78 is 43.9. The van der Waals surface area contributed by atoms with Gasteiger partial charge in [-0.3, -0.25) is 0 Å². The van der Waals surface area contributed by atoms with Crippen LogP contribution < -0.4 is 10.1 Å². The molecule has 0 saturated heterocycles. The molecule has 2 nitrogen and oxygen atoms in total. The van der Waals surface area contributed by atoms with Gasteiger partial charge in [0.2, 0.25) is 0 Å². The highest BCUT2D eigenvalue weighted by molar-refractivity contribution is 5.54. The zero-order valence-electron chi connectivity index (χ0n) is 11.7. The number of methoxy groups -OCH3 is 1. The van der Waals surface area contributed by atoms with Crippen LogP contribution in [0.2, 0.25) is 0 Å². The highest BCUT2D eigenvalue weighted by atomic mass is 19.4. The monoisotopic (exact) mass is 295 g/mol. The first-order valence-electron chi connectivity index (χ1n) is 6.48. The van der Waals surface area contributed by atoms with E-state index in [2.05, 4.69) is 5.32 Å². The number of benzene rings is 2. The highest BCUT2D eigenvalue weighted by Gasteiger charge is 2.33. The van der Waals surface area contributed by atoms with E-state index in [1.165, 1.54) is 12.1 Å². The smallest absolute Gasteiger partial charge is 0.418 e. The molecule has 2 aromatic rings. The number of halogens is 3. The quantitative estimate of drug-likeness (QED) is 0.867. The molecular formula is C16H16F3NO. The second-order valence-corrected chi connectivity index (χ2v) is 4.68. The molecule has 1 N–H and O–H groups in total. The SMILES string of the molecule is COc1ccc(C(C)Nc2ccccc2C(F)(F)F)cc1. The van der Waals surface area contributed by atoms with E-state index in [1.54, 1.807) is 25.3 Å². The van der Waals surface area contributed by atoms with E-state index in [0.29, 0.717) is 5.75 Å². The van der Waals surface area contributed by atoms with Gasteiger partial charge in [0, 0.05) is 11.7 Å². The summed E-state index contributed by atoms with van der Waals surface area (Å²) in [6, 6.07) is 12.4. The van der Waals surface area contributed by atoms with Gasteiger partial charge >= 0.3 is 6.18 Å². The first-order chi connectivity index (χ1) is 9.91. The normalized spacial score (nSPS) is 12.8. The first kappa shape index (κ1) is 15.2. The molecule has 2 rings (SSSR count). The summed E-state index contributed by atoms with van der Waals surface area (Å²) in [5.41, 5.74) is 0.298. The Balaban J connectivity index is 2.21. The Morgan fingerprint density at radius 2 is 1.62 bits per heavy atom. The first-order valence-corrected chi connectivity index (χ1v) is 6.48. The largest absolute Gasteiger partial charge is 0.497 e. The Hall–Kier alpha value is -2.17. The van der Waals surface area contributed by atoms with E-state index in [9.17, 15) is 13.2 Å². The lowest BCUT2D eigenvalue weighted by atomic mass is 10.1. The van der Waals surface area contributed by atoms with Crippen molar-refractivity contribution < 1.29 is 17.9 Å². The Kier molecular flexibility index (Phi) is 4.40. The molecule has 1 unspecified atom stereocenters. The highest BCUT2D eigenvalue weighted by Crippen LogP contribution is 2.36. The standard InChI is InChI=1S/C16H16F3NO/c1-11(12-7-9-13(21-2)10-8-12)20-15-6-4-3-5-14(15)16(17,18)19/h3-11,20H,1-2H3. The topological polar surface area (TPSA) is 21.3 Å². The van der Waals surface area contributed by atoms with Gasteiger partial charge in [-0.15, -0.1) is 0 Å². The average molecular weight is 295 g/mol. The van der Waals surface area contributed by atoms with Crippen molar-refractivity contribution in [1.82, 2.24) is 0 Å². The number of hydrogen-bond donors (Lipinski definition) is 1. The summed E-state index contributed by atoms with van der Waals surface area (Å²) in [5, 5.41) is 2.91. The maximum Gasteiger partial charge on any atom is 0.418 e. The second kappa shape index (κ2) is 6.08. The van der Waals surface area contributed by atoms with Crippen LogP contribution >= 0.6 is 0 Å². The minimum absolute atomic E-state index is 0.0771. The molecule has 0 aliphatic rings. The molecule has 112 valence electrons. The molecule has 5 heteroatoms. The van der Waals surface area contributed by atoms with Gasteiger partial charge in [0.1, 0.15) is 5.75 Å². The summed E-state index contributed by atoms with van der Waals surface area (Å²) in [6.45, 7) is 1.81. The molecule has 0 saturated carbocycles. The van der Waals surface area contributed by atoms with Crippen LogP contribution in [0.25, 0.3) is 0 Å². The third-order valence-corrected chi connectivity index (χ3v) is 3.22. The van der Waals surface area contributed by atoms with Crippen molar-refractivity contribution in [1.29, 1.82) is 0 Å². The molecule has 0 amide bonds. The molecule has 0 bridgehead atoms. The van der Waals surface area contributed by atoms with Crippen LogP contribution in [-0.2, 0) is 6.18 Å². The van der Waals surface area contributed by atoms with Crippen LogP contribution in [0.15, 0.2) is 48.5 Å². The molecule has 0 fully saturated rings. The second-order valence-electron chi connectivity index (χ2n) is 4.68. The number of rotatable bonds is 4. The predicted molar refractivity (Wildman–Crippen MR) is 76.5 cm³/mol. The van der Waals surface area contributed by atoms with Crippen LogP contribution in [0.1, 0.15) is 24.1 Å². The van der Waals surface area contributed by atoms with Crippen molar-refractivity contribution in [3.8, 4) is 5.75 Å². The third-order valence-electron chi connectivity index (χ3n) is 3.22. The molecule has 0 radical (unpaired) electrons. The van der Waals surface area contributed by atoms with Crippen LogP contribution in [0, 0.1) is 0 Å². The van der Waals surface area contributed by atoms with E-state index >= 15 is 0 Å². The molecule has 1 atom stereocenters. The van der Waals surface area contributed by atoms with Gasteiger partial charge in [0.05, 0.1) is 12.7 Å². The van der Waals surface area contributed by atoms with E-state index in [0.717, 1.165) is 11.6 Å². The predicted octanol–water partition coefficient (Wildman–Crippen LogP) is 4.89. The van der Waals surface area contributed by atoms with Crippen LogP contribution in [0.5, 0.6) is 5.75 Å². The van der Waals surface area contributed by atoms with Gasteiger partial charge in [0.15, 0.2) is 0 Å². The number of hydrogen-bond acceptors (Lipinski definition) is 2. The molecule has 0 aliphatic heterocycles. The van der Waals surface area contributed by atoms with Gasteiger partial charge in [-0.2, -0.15) is 13.2 Å². The molecule has 0 aromatic heterocycles. The molecular weight excluding hydrogens is 279 g/mol. The lowest BCUT2D eigenvalue weighted by Crippen LogP contribution is -2.13. The van der Waals surface area contributed by atoms with Gasteiger partial charge < -0.3 is 10.1 Å². The molecule has 21 heavy (non-hydrogen) atoms. The summed E-state index contributed by atoms with van der Waals surface area (Å²) in [6.07, 6.45) is -4.37. The van der Waals surface area contributed by atoms with Crippen LogP contribution in [0.3, 0.4) is 0 Å². The summed E-state index contributed by atoms with van der Waals surface area (Å²) in [5.74, 6) is 0.710. The number of para-hydroxylation sites is 1. The zero-order valence-corrected chi connectivity index (χ0v) is 11.7. The maximum absolute atomic E-state index is 12.9. The van der Waals surface area contributed by atoms with E-state index in [1.807, 2.05) is 19.1 Å². The average Bonchev–Trinajstić information content (AvgIpc) is 2.47. The van der Waals surface area contributed by atoms with Gasteiger partial charge in [-0.05, 0) is 36.8 Å². The molecule has 0 spiro atoms. The molecule has 2 aromatic carbocycles. The summed E-state index contributed by atoms with van der Waals surface area (Å²) in [4.78, 5) is 0. The fourth-order valence-electron chi connectivity index (χ4n) is 2.07. The van der Waals surface area contributed by atoms with Gasteiger partial charge in [-0.1, -0.05) is 24.3 Å². The van der Waals surface area contributed by atoms with Crippen molar-refractivity contribution in [3.05, 3.63) is 59.7 Å². The minimum Gasteiger partial charge on any atom is -0.497 e. The zero-order chi connectivity index (χ0) is 15.5. The van der Waals surface area contributed by atoms with Crippen LogP contribution in [-0.4, -0.2) is 7.11 Å². The summed E-state index contributed by atoms with van der Waals surface area (Å²) >= 11 is 0. The fraction of sp³-hybridized carbons (Fsp3) is 0.250. The third kappa shape index (κ3) is 3.68. The maximum atomic E-state index is 12.9. The van der Waals surface area contributed by atoms with E-state index < -0.39 is 11.7 Å². The van der Waals surface area contributed by atoms with Gasteiger partial charge in [-0.25, -0.2) is 0 Å². The Morgan fingerprint density at radius 1 is 1.00 bits per heavy atom. The number of anilines is 1. The number of alkyl halides is 3. The Bertz CT molecular complexity index is 593. The van der Waals surface area contributed by atoms with Crippen LogP contribution in [0.4, 0.5) is 18.9 Å². The molecule has 0 aliphatic carbocycles.